The van der Waals surface area contributed by atoms with Crippen LogP contribution in [0.3, 0.4) is 0 Å². The average Bonchev–Trinajstić information content (AvgIpc) is 2.53. The third kappa shape index (κ3) is 1.59. The molecule has 0 amide bonds. The average molecular weight is 201 g/mol. The highest BCUT2D eigenvalue weighted by Gasteiger charge is 2.41. The maximum Gasteiger partial charge on any atom is 0.00127 e. The number of nitrogens with zero attached hydrogens (tertiary/aromatic N) is 1. The van der Waals surface area contributed by atoms with E-state index in [4.69, 9.17) is 0 Å². The van der Waals surface area contributed by atoms with Gasteiger partial charge in [0, 0.05) is 13.1 Å². The fourth-order valence-corrected chi connectivity index (χ4v) is 3.68. The highest BCUT2D eigenvalue weighted by Crippen LogP contribution is 2.47. The third-order valence-electron chi connectivity index (χ3n) is 4.20. The Bertz CT molecular complexity index is 318. The normalized spacial score (nSPS) is 35.7. The molecule has 1 aromatic rings. The van der Waals surface area contributed by atoms with Crippen LogP contribution in [0.25, 0.3) is 0 Å². The summed E-state index contributed by atoms with van der Waals surface area (Å²) in [7, 11) is 2.27. The Morgan fingerprint density at radius 1 is 1.00 bits per heavy atom. The van der Waals surface area contributed by atoms with Crippen molar-refractivity contribution >= 4 is 0 Å². The van der Waals surface area contributed by atoms with E-state index in [1.807, 2.05) is 0 Å². The molecule has 2 aliphatic rings. The summed E-state index contributed by atoms with van der Waals surface area (Å²) < 4.78 is 0. The molecule has 0 N–H and O–H groups in total. The number of likely N-dealkylation sites (tertiary alicyclic amines) is 1. The minimum atomic E-state index is 0.849. The van der Waals surface area contributed by atoms with Crippen molar-refractivity contribution in [3.63, 3.8) is 0 Å². The lowest BCUT2D eigenvalue weighted by Gasteiger charge is -2.36. The lowest BCUT2D eigenvalue weighted by molar-refractivity contribution is 0.176. The van der Waals surface area contributed by atoms with Crippen molar-refractivity contribution in [1.82, 2.24) is 4.90 Å². The zero-order valence-electron chi connectivity index (χ0n) is 9.39. The molecule has 2 fully saturated rings. The van der Waals surface area contributed by atoms with Crippen LogP contribution in [0.5, 0.6) is 0 Å². The van der Waals surface area contributed by atoms with Gasteiger partial charge in [-0.15, -0.1) is 0 Å². The second kappa shape index (κ2) is 3.64. The number of hydrogen-bond donors (Lipinski definition) is 0. The SMILES string of the molecule is CN1CC2CC[C@@H](C1)C2c1ccccc1. The van der Waals surface area contributed by atoms with Crippen LogP contribution in [-0.2, 0) is 0 Å². The van der Waals surface area contributed by atoms with Gasteiger partial charge in [0.15, 0.2) is 0 Å². The molecule has 0 aromatic heterocycles. The quantitative estimate of drug-likeness (QED) is 0.675. The largest absolute Gasteiger partial charge is 0.306 e. The first-order valence-electron chi connectivity index (χ1n) is 6.08. The Kier molecular flexibility index (Phi) is 2.28. The Morgan fingerprint density at radius 3 is 2.20 bits per heavy atom. The molecular formula is C14H19N. The van der Waals surface area contributed by atoms with Gasteiger partial charge in [0.05, 0.1) is 0 Å². The zero-order valence-corrected chi connectivity index (χ0v) is 9.39. The number of rotatable bonds is 1. The molecule has 3 rings (SSSR count). The lowest BCUT2D eigenvalue weighted by Crippen LogP contribution is -2.38. The van der Waals surface area contributed by atoms with Crippen molar-refractivity contribution < 1.29 is 0 Å². The third-order valence-corrected chi connectivity index (χ3v) is 4.20. The van der Waals surface area contributed by atoms with E-state index in [-0.39, 0.29) is 0 Å². The van der Waals surface area contributed by atoms with Crippen LogP contribution in [-0.4, -0.2) is 25.0 Å². The number of hydrogen-bond acceptors (Lipinski definition) is 1. The Balaban J connectivity index is 1.89. The van der Waals surface area contributed by atoms with Crippen molar-refractivity contribution in [2.75, 3.05) is 20.1 Å². The van der Waals surface area contributed by atoms with E-state index >= 15 is 0 Å². The van der Waals surface area contributed by atoms with Crippen molar-refractivity contribution in [2.45, 2.75) is 18.8 Å². The molecule has 2 unspecified atom stereocenters. The summed E-state index contributed by atoms with van der Waals surface area (Å²) in [6, 6.07) is 11.1. The van der Waals surface area contributed by atoms with Gasteiger partial charge in [-0.3, -0.25) is 0 Å². The molecule has 80 valence electrons. The Morgan fingerprint density at radius 2 is 1.60 bits per heavy atom. The van der Waals surface area contributed by atoms with Crippen molar-refractivity contribution in [2.24, 2.45) is 11.8 Å². The maximum atomic E-state index is 2.52. The summed E-state index contributed by atoms with van der Waals surface area (Å²) in [5.41, 5.74) is 1.58. The van der Waals surface area contributed by atoms with E-state index < -0.39 is 0 Å². The summed E-state index contributed by atoms with van der Waals surface area (Å²) in [4.78, 5) is 2.52. The first-order chi connectivity index (χ1) is 7.34. The van der Waals surface area contributed by atoms with Gasteiger partial charge in [0.25, 0.3) is 0 Å². The molecule has 1 aromatic carbocycles. The van der Waals surface area contributed by atoms with Crippen molar-refractivity contribution in [3.8, 4) is 0 Å². The highest BCUT2D eigenvalue weighted by molar-refractivity contribution is 5.23. The second-order valence-electron chi connectivity index (χ2n) is 5.26. The molecule has 1 saturated heterocycles. The Hall–Kier alpha value is -0.820. The second-order valence-corrected chi connectivity index (χ2v) is 5.26. The van der Waals surface area contributed by atoms with Crippen LogP contribution in [0.15, 0.2) is 30.3 Å². The van der Waals surface area contributed by atoms with E-state index in [1.165, 1.54) is 25.9 Å². The summed E-state index contributed by atoms with van der Waals surface area (Å²) in [6.45, 7) is 2.60. The summed E-state index contributed by atoms with van der Waals surface area (Å²) in [5, 5.41) is 0. The van der Waals surface area contributed by atoms with E-state index in [2.05, 4.69) is 42.3 Å². The zero-order chi connectivity index (χ0) is 10.3. The molecule has 1 heterocycles. The maximum absolute atomic E-state index is 2.52. The van der Waals surface area contributed by atoms with E-state index in [1.54, 1.807) is 5.56 Å². The molecule has 0 spiro atoms. The van der Waals surface area contributed by atoms with Gasteiger partial charge in [0.1, 0.15) is 0 Å². The molecule has 1 saturated carbocycles. The lowest BCUT2D eigenvalue weighted by atomic mass is 9.80. The summed E-state index contributed by atoms with van der Waals surface area (Å²) in [6.07, 6.45) is 2.88. The molecule has 2 bridgehead atoms. The van der Waals surface area contributed by atoms with Gasteiger partial charge in [-0.25, -0.2) is 0 Å². The van der Waals surface area contributed by atoms with E-state index in [9.17, 15) is 0 Å². The highest BCUT2D eigenvalue weighted by atomic mass is 15.1. The predicted molar refractivity (Wildman–Crippen MR) is 62.9 cm³/mol. The molecule has 3 atom stereocenters. The van der Waals surface area contributed by atoms with Crippen LogP contribution in [0, 0.1) is 11.8 Å². The number of benzene rings is 1. The standard InChI is InChI=1S/C14H19N/c1-15-9-12-7-8-13(10-15)14(12)11-5-3-2-4-6-11/h2-6,12-14H,7-10H2,1H3/t12-,13?,14?/m0/s1. The minimum absolute atomic E-state index is 0.849. The molecule has 1 aliphatic heterocycles. The molecule has 1 aliphatic carbocycles. The fraction of sp³-hybridized carbons (Fsp3) is 0.571. The Labute approximate surface area is 92.1 Å². The molecule has 15 heavy (non-hydrogen) atoms. The van der Waals surface area contributed by atoms with Gasteiger partial charge in [0.2, 0.25) is 0 Å². The molecule has 1 heteroatoms. The first kappa shape index (κ1) is 9.41. The van der Waals surface area contributed by atoms with Crippen LogP contribution in [0.1, 0.15) is 24.3 Å². The van der Waals surface area contributed by atoms with Gasteiger partial charge in [-0.1, -0.05) is 30.3 Å². The fourth-order valence-electron chi connectivity index (χ4n) is 3.68. The van der Waals surface area contributed by atoms with Crippen LogP contribution >= 0.6 is 0 Å². The van der Waals surface area contributed by atoms with Crippen molar-refractivity contribution in [3.05, 3.63) is 35.9 Å². The number of fused-ring (bicyclic) bond motifs is 2. The molecular weight excluding hydrogens is 182 g/mol. The van der Waals surface area contributed by atoms with Gasteiger partial charge < -0.3 is 4.90 Å². The smallest absolute Gasteiger partial charge is 0.00127 e. The predicted octanol–water partition coefficient (Wildman–Crippen LogP) is 2.74. The first-order valence-corrected chi connectivity index (χ1v) is 6.08. The topological polar surface area (TPSA) is 3.24 Å². The molecule has 1 nitrogen and oxygen atoms in total. The van der Waals surface area contributed by atoms with Crippen molar-refractivity contribution in [1.29, 1.82) is 0 Å². The molecule has 0 radical (unpaired) electrons. The monoisotopic (exact) mass is 201 g/mol. The van der Waals surface area contributed by atoms with E-state index in [0.717, 1.165) is 17.8 Å². The number of piperidine rings is 1. The van der Waals surface area contributed by atoms with Crippen LogP contribution in [0.2, 0.25) is 0 Å². The van der Waals surface area contributed by atoms with Gasteiger partial charge >= 0.3 is 0 Å². The summed E-state index contributed by atoms with van der Waals surface area (Å²) >= 11 is 0. The van der Waals surface area contributed by atoms with E-state index in [0.29, 0.717) is 0 Å². The van der Waals surface area contributed by atoms with Gasteiger partial charge in [-0.2, -0.15) is 0 Å². The minimum Gasteiger partial charge on any atom is -0.306 e. The van der Waals surface area contributed by atoms with Gasteiger partial charge in [-0.05, 0) is 43.2 Å². The van der Waals surface area contributed by atoms with Crippen LogP contribution < -0.4 is 0 Å². The summed E-state index contributed by atoms with van der Waals surface area (Å²) in [5.74, 6) is 2.68. The van der Waals surface area contributed by atoms with Crippen LogP contribution in [0.4, 0.5) is 0 Å².